The van der Waals surface area contributed by atoms with Crippen molar-refractivity contribution in [3.63, 3.8) is 0 Å². The van der Waals surface area contributed by atoms with Crippen LogP contribution in [0, 0.1) is 0 Å². The summed E-state index contributed by atoms with van der Waals surface area (Å²) in [5, 5.41) is 12.3. The van der Waals surface area contributed by atoms with E-state index in [1.165, 1.54) is 5.56 Å². The molecular weight excluding hydrogens is 242 g/mol. The summed E-state index contributed by atoms with van der Waals surface area (Å²) in [6, 6.07) is 0. The Morgan fingerprint density at radius 3 is 2.74 bits per heavy atom. The van der Waals surface area contributed by atoms with Crippen molar-refractivity contribution in [3.8, 4) is 0 Å². The van der Waals surface area contributed by atoms with Gasteiger partial charge in [0.2, 0.25) is 11.8 Å². The van der Waals surface area contributed by atoms with E-state index in [9.17, 15) is 0 Å². The minimum absolute atomic E-state index is 0.280. The van der Waals surface area contributed by atoms with Crippen LogP contribution < -0.4 is 0 Å². The molecule has 2 aromatic rings. The van der Waals surface area contributed by atoms with Gasteiger partial charge < -0.3 is 4.42 Å². The molecule has 0 bridgehead atoms. The molecule has 0 aliphatic rings. The van der Waals surface area contributed by atoms with Gasteiger partial charge in [-0.05, 0) is 19.0 Å². The number of rotatable bonds is 6. The largest absolute Gasteiger partial charge is 0.424 e. The van der Waals surface area contributed by atoms with E-state index in [0.717, 1.165) is 13.0 Å². The molecule has 0 aliphatic heterocycles. The second-order valence-corrected chi connectivity index (χ2v) is 5.20. The SMILES string of the molecule is CC(C)c1nnc(CN(C)CCc2cnn(C)c2)o1. The Hall–Kier alpha value is -1.69. The third-order valence-corrected chi connectivity index (χ3v) is 2.92. The molecule has 0 N–H and O–H groups in total. The quantitative estimate of drug-likeness (QED) is 0.792. The second-order valence-electron chi connectivity index (χ2n) is 5.20. The normalized spacial score (nSPS) is 11.7. The zero-order valence-electron chi connectivity index (χ0n) is 12.0. The summed E-state index contributed by atoms with van der Waals surface area (Å²) in [7, 11) is 3.98. The lowest BCUT2D eigenvalue weighted by molar-refractivity contribution is 0.285. The summed E-state index contributed by atoms with van der Waals surface area (Å²) < 4.78 is 7.41. The number of hydrogen-bond acceptors (Lipinski definition) is 5. The van der Waals surface area contributed by atoms with Gasteiger partial charge in [0.05, 0.1) is 12.7 Å². The smallest absolute Gasteiger partial charge is 0.230 e. The number of nitrogens with zero attached hydrogens (tertiary/aromatic N) is 5. The lowest BCUT2D eigenvalue weighted by Gasteiger charge is -2.13. The maximum Gasteiger partial charge on any atom is 0.230 e. The Kier molecular flexibility index (Phi) is 4.31. The number of likely N-dealkylation sites (N-methyl/N-ethyl adjacent to an activating group) is 1. The molecule has 19 heavy (non-hydrogen) atoms. The second kappa shape index (κ2) is 5.97. The Balaban J connectivity index is 1.81. The van der Waals surface area contributed by atoms with Crippen molar-refractivity contribution in [2.45, 2.75) is 32.7 Å². The van der Waals surface area contributed by atoms with Gasteiger partial charge in [-0.15, -0.1) is 10.2 Å². The van der Waals surface area contributed by atoms with Gasteiger partial charge in [-0.2, -0.15) is 5.10 Å². The van der Waals surface area contributed by atoms with Crippen molar-refractivity contribution in [1.29, 1.82) is 0 Å². The van der Waals surface area contributed by atoms with Crippen LogP contribution >= 0.6 is 0 Å². The molecule has 0 saturated carbocycles. The van der Waals surface area contributed by atoms with Gasteiger partial charge in [0.1, 0.15) is 0 Å². The molecule has 0 fully saturated rings. The molecule has 2 heterocycles. The highest BCUT2D eigenvalue weighted by Gasteiger charge is 2.11. The van der Waals surface area contributed by atoms with Gasteiger partial charge >= 0.3 is 0 Å². The van der Waals surface area contributed by atoms with Crippen LogP contribution in [0.2, 0.25) is 0 Å². The van der Waals surface area contributed by atoms with E-state index in [0.29, 0.717) is 18.3 Å². The van der Waals surface area contributed by atoms with Gasteiger partial charge in [-0.3, -0.25) is 9.58 Å². The Bertz CT molecular complexity index is 517. The van der Waals surface area contributed by atoms with Gasteiger partial charge in [-0.25, -0.2) is 0 Å². The van der Waals surface area contributed by atoms with Crippen molar-refractivity contribution < 1.29 is 4.42 Å². The molecular formula is C13H21N5O. The standard InChI is InChI=1S/C13H21N5O/c1-10(2)13-16-15-12(19-13)9-17(3)6-5-11-7-14-18(4)8-11/h7-8,10H,5-6,9H2,1-4H3. The lowest BCUT2D eigenvalue weighted by Crippen LogP contribution is -2.20. The first kappa shape index (κ1) is 13.7. The fourth-order valence-electron chi connectivity index (χ4n) is 1.79. The van der Waals surface area contributed by atoms with Crippen molar-refractivity contribution in [1.82, 2.24) is 24.9 Å². The van der Waals surface area contributed by atoms with Crippen molar-refractivity contribution in [3.05, 3.63) is 29.7 Å². The predicted octanol–water partition coefficient (Wildman–Crippen LogP) is 1.60. The van der Waals surface area contributed by atoms with Crippen LogP contribution in [0.25, 0.3) is 0 Å². The van der Waals surface area contributed by atoms with Crippen LogP contribution in [0.5, 0.6) is 0 Å². The van der Waals surface area contributed by atoms with E-state index in [4.69, 9.17) is 4.42 Å². The van der Waals surface area contributed by atoms with Crippen LogP contribution in [0.1, 0.15) is 37.1 Å². The molecule has 0 aromatic carbocycles. The molecule has 0 atom stereocenters. The lowest BCUT2D eigenvalue weighted by atomic mass is 10.2. The average molecular weight is 263 g/mol. The van der Waals surface area contributed by atoms with E-state index < -0.39 is 0 Å². The maximum atomic E-state index is 5.59. The summed E-state index contributed by atoms with van der Waals surface area (Å²) in [6.07, 6.45) is 4.91. The highest BCUT2D eigenvalue weighted by Crippen LogP contribution is 2.12. The van der Waals surface area contributed by atoms with Gasteiger partial charge in [-0.1, -0.05) is 13.8 Å². The number of aryl methyl sites for hydroxylation is 1. The minimum atomic E-state index is 0.280. The third-order valence-electron chi connectivity index (χ3n) is 2.92. The van der Waals surface area contributed by atoms with Crippen molar-refractivity contribution in [2.75, 3.05) is 13.6 Å². The summed E-state index contributed by atoms with van der Waals surface area (Å²) >= 11 is 0. The van der Waals surface area contributed by atoms with E-state index >= 15 is 0 Å². The van der Waals surface area contributed by atoms with E-state index in [-0.39, 0.29) is 5.92 Å². The van der Waals surface area contributed by atoms with Crippen LogP contribution in [-0.4, -0.2) is 38.5 Å². The molecule has 6 nitrogen and oxygen atoms in total. The highest BCUT2D eigenvalue weighted by atomic mass is 16.4. The van der Waals surface area contributed by atoms with Crippen LogP contribution in [-0.2, 0) is 20.0 Å². The molecule has 0 aliphatic carbocycles. The Labute approximate surface area is 113 Å². The maximum absolute atomic E-state index is 5.59. The fourth-order valence-corrected chi connectivity index (χ4v) is 1.79. The molecule has 6 heteroatoms. The molecule has 0 unspecified atom stereocenters. The van der Waals surface area contributed by atoms with E-state index in [1.807, 2.05) is 38.0 Å². The van der Waals surface area contributed by atoms with Crippen molar-refractivity contribution >= 4 is 0 Å². The van der Waals surface area contributed by atoms with Gasteiger partial charge in [0.15, 0.2) is 0 Å². The topological polar surface area (TPSA) is 60.0 Å². The summed E-state index contributed by atoms with van der Waals surface area (Å²) in [4.78, 5) is 2.17. The molecule has 0 amide bonds. The van der Waals surface area contributed by atoms with Crippen LogP contribution in [0.4, 0.5) is 0 Å². The number of hydrogen-bond donors (Lipinski definition) is 0. The molecule has 0 spiro atoms. The number of aromatic nitrogens is 4. The van der Waals surface area contributed by atoms with Gasteiger partial charge in [0.25, 0.3) is 0 Å². The first-order valence-electron chi connectivity index (χ1n) is 6.53. The van der Waals surface area contributed by atoms with E-state index in [2.05, 4.69) is 27.2 Å². The van der Waals surface area contributed by atoms with Gasteiger partial charge in [0, 0.05) is 25.7 Å². The first-order valence-corrected chi connectivity index (χ1v) is 6.53. The predicted molar refractivity (Wildman–Crippen MR) is 71.6 cm³/mol. The van der Waals surface area contributed by atoms with Crippen LogP contribution in [0.3, 0.4) is 0 Å². The molecule has 0 radical (unpaired) electrons. The van der Waals surface area contributed by atoms with E-state index in [1.54, 1.807) is 0 Å². The zero-order chi connectivity index (χ0) is 13.8. The monoisotopic (exact) mass is 263 g/mol. The molecule has 2 rings (SSSR count). The fraction of sp³-hybridized carbons (Fsp3) is 0.615. The molecule has 2 aromatic heterocycles. The summed E-state index contributed by atoms with van der Waals surface area (Å²) in [5.74, 6) is 1.66. The summed E-state index contributed by atoms with van der Waals surface area (Å²) in [6.45, 7) is 5.71. The summed E-state index contributed by atoms with van der Waals surface area (Å²) in [5.41, 5.74) is 1.24. The first-order chi connectivity index (χ1) is 9.04. The molecule has 0 saturated heterocycles. The third kappa shape index (κ3) is 3.89. The zero-order valence-corrected chi connectivity index (χ0v) is 12.0. The minimum Gasteiger partial charge on any atom is -0.424 e. The average Bonchev–Trinajstić information content (AvgIpc) is 2.96. The Morgan fingerprint density at radius 2 is 2.16 bits per heavy atom. The highest BCUT2D eigenvalue weighted by molar-refractivity contribution is 5.03. The molecule has 104 valence electrons. The van der Waals surface area contributed by atoms with Crippen molar-refractivity contribution in [2.24, 2.45) is 7.05 Å². The van der Waals surface area contributed by atoms with Crippen LogP contribution in [0.15, 0.2) is 16.8 Å². The Morgan fingerprint density at radius 1 is 1.37 bits per heavy atom.